The lowest BCUT2D eigenvalue weighted by atomic mass is 10.3. The Hall–Kier alpha value is -0.810. The fourth-order valence-corrected chi connectivity index (χ4v) is 2.32. The Balaban J connectivity index is 2.05. The molecule has 1 aliphatic rings. The van der Waals surface area contributed by atoms with Crippen molar-refractivity contribution in [1.82, 2.24) is 4.90 Å². The number of likely N-dealkylation sites (tertiary alicyclic amines) is 1. The molecule has 0 spiro atoms. The van der Waals surface area contributed by atoms with Crippen molar-refractivity contribution in [2.24, 2.45) is 0 Å². The fraction of sp³-hybridized carbons (Fsp3) is 0.364. The number of rotatable bonds is 1. The summed E-state index contributed by atoms with van der Waals surface area (Å²) in [6.07, 6.45) is 2.19. The van der Waals surface area contributed by atoms with Gasteiger partial charge < -0.3 is 10.2 Å². The second-order valence-corrected chi connectivity index (χ2v) is 4.82. The third-order valence-corrected chi connectivity index (χ3v) is 3.26. The number of carbonyl (C=O) groups excluding carboxylic acids is 1. The lowest BCUT2D eigenvalue weighted by Crippen LogP contribution is -2.32. The normalized spacial score (nSPS) is 15.2. The smallest absolute Gasteiger partial charge is 0.321 e. The molecule has 1 saturated heterocycles. The van der Waals surface area contributed by atoms with E-state index in [9.17, 15) is 4.79 Å². The minimum absolute atomic E-state index is 0.0419. The van der Waals surface area contributed by atoms with Gasteiger partial charge in [-0.15, -0.1) is 25.3 Å². The number of nitrogens with zero attached hydrogens (tertiary/aromatic N) is 1. The Bertz CT molecular complexity index is 403. The molecule has 0 unspecified atom stereocenters. The van der Waals surface area contributed by atoms with Crippen LogP contribution in [0, 0.1) is 0 Å². The van der Waals surface area contributed by atoms with E-state index >= 15 is 0 Å². The molecule has 2 amide bonds. The summed E-state index contributed by atoms with van der Waals surface area (Å²) in [6, 6.07) is 5.42. The van der Waals surface area contributed by atoms with E-state index in [1.807, 2.05) is 23.1 Å². The van der Waals surface area contributed by atoms with Crippen LogP contribution in [0.3, 0.4) is 0 Å². The number of hydrogen-bond donors (Lipinski definition) is 3. The van der Waals surface area contributed by atoms with Crippen LogP contribution in [0.2, 0.25) is 0 Å². The van der Waals surface area contributed by atoms with Crippen LogP contribution in [0.25, 0.3) is 0 Å². The molecule has 1 aromatic carbocycles. The highest BCUT2D eigenvalue weighted by Crippen LogP contribution is 2.23. The number of anilines is 1. The third kappa shape index (κ3) is 2.65. The molecule has 3 nitrogen and oxygen atoms in total. The van der Waals surface area contributed by atoms with Gasteiger partial charge in [-0.1, -0.05) is 0 Å². The summed E-state index contributed by atoms with van der Waals surface area (Å²) in [5, 5.41) is 2.86. The average molecular weight is 254 g/mol. The average Bonchev–Trinajstić information content (AvgIpc) is 2.75. The van der Waals surface area contributed by atoms with Crippen molar-refractivity contribution in [2.45, 2.75) is 22.6 Å². The largest absolute Gasteiger partial charge is 0.325 e. The van der Waals surface area contributed by atoms with E-state index in [1.165, 1.54) is 0 Å². The summed E-state index contributed by atoms with van der Waals surface area (Å²) >= 11 is 8.51. The predicted molar refractivity (Wildman–Crippen MR) is 70.8 cm³/mol. The number of carbonyl (C=O) groups is 1. The summed E-state index contributed by atoms with van der Waals surface area (Å²) in [7, 11) is 0. The number of amides is 2. The van der Waals surface area contributed by atoms with E-state index in [2.05, 4.69) is 30.6 Å². The van der Waals surface area contributed by atoms with E-state index in [4.69, 9.17) is 0 Å². The summed E-state index contributed by atoms with van der Waals surface area (Å²) in [4.78, 5) is 15.2. The van der Waals surface area contributed by atoms with Crippen LogP contribution < -0.4 is 5.32 Å². The van der Waals surface area contributed by atoms with Gasteiger partial charge in [0.2, 0.25) is 0 Å². The zero-order valence-electron chi connectivity index (χ0n) is 8.81. The van der Waals surface area contributed by atoms with Crippen molar-refractivity contribution < 1.29 is 4.79 Å². The lowest BCUT2D eigenvalue weighted by molar-refractivity contribution is 0.222. The van der Waals surface area contributed by atoms with Crippen LogP contribution in [0.4, 0.5) is 10.5 Å². The van der Waals surface area contributed by atoms with Gasteiger partial charge in [0.25, 0.3) is 0 Å². The molecule has 5 heteroatoms. The first-order valence-corrected chi connectivity index (χ1v) is 6.14. The summed E-state index contributed by atoms with van der Waals surface area (Å²) in [5.41, 5.74) is 0.734. The lowest BCUT2D eigenvalue weighted by Gasteiger charge is -2.17. The Morgan fingerprint density at radius 3 is 2.56 bits per heavy atom. The monoisotopic (exact) mass is 254 g/mol. The molecule has 1 fully saturated rings. The van der Waals surface area contributed by atoms with Gasteiger partial charge in [-0.3, -0.25) is 0 Å². The Labute approximate surface area is 106 Å². The highest BCUT2D eigenvalue weighted by atomic mass is 32.1. The Kier molecular flexibility index (Phi) is 3.66. The minimum atomic E-state index is -0.0419. The molecule has 0 aromatic heterocycles. The Morgan fingerprint density at radius 2 is 1.94 bits per heavy atom. The number of benzene rings is 1. The third-order valence-electron chi connectivity index (χ3n) is 2.62. The van der Waals surface area contributed by atoms with Crippen LogP contribution in [0.15, 0.2) is 28.0 Å². The van der Waals surface area contributed by atoms with Gasteiger partial charge in [0.05, 0.1) is 5.69 Å². The standard InChI is InChI=1S/C11H14N2OS2/c14-11(13-5-1-2-6-13)12-9-4-3-8(15)7-10(9)16/h3-4,7,15-16H,1-2,5-6H2,(H,12,14). The number of nitrogens with one attached hydrogen (secondary N) is 1. The second kappa shape index (κ2) is 5.01. The highest BCUT2D eigenvalue weighted by molar-refractivity contribution is 7.81. The van der Waals surface area contributed by atoms with Crippen molar-refractivity contribution in [1.29, 1.82) is 0 Å². The van der Waals surface area contributed by atoms with Crippen molar-refractivity contribution in [3.8, 4) is 0 Å². The molecule has 0 bridgehead atoms. The first-order chi connectivity index (χ1) is 7.66. The van der Waals surface area contributed by atoms with Gasteiger partial charge >= 0.3 is 6.03 Å². The molecule has 0 aliphatic carbocycles. The highest BCUT2D eigenvalue weighted by Gasteiger charge is 2.18. The van der Waals surface area contributed by atoms with Crippen molar-refractivity contribution in [3.63, 3.8) is 0 Å². The van der Waals surface area contributed by atoms with Gasteiger partial charge in [0.1, 0.15) is 0 Å². The zero-order chi connectivity index (χ0) is 11.5. The van der Waals surface area contributed by atoms with Crippen LogP contribution >= 0.6 is 25.3 Å². The van der Waals surface area contributed by atoms with Crippen LogP contribution in [-0.2, 0) is 0 Å². The molecular formula is C11H14N2OS2. The van der Waals surface area contributed by atoms with E-state index in [0.29, 0.717) is 0 Å². The maximum absolute atomic E-state index is 11.8. The molecule has 1 N–H and O–H groups in total. The Morgan fingerprint density at radius 1 is 1.25 bits per heavy atom. The molecule has 0 saturated carbocycles. The van der Waals surface area contributed by atoms with Crippen LogP contribution in [0.1, 0.15) is 12.8 Å². The minimum Gasteiger partial charge on any atom is -0.325 e. The van der Waals surface area contributed by atoms with Crippen molar-refractivity contribution >= 4 is 37.0 Å². The molecule has 0 radical (unpaired) electrons. The van der Waals surface area contributed by atoms with Crippen LogP contribution in [-0.4, -0.2) is 24.0 Å². The molecule has 2 rings (SSSR count). The SMILES string of the molecule is O=C(Nc1ccc(S)cc1S)N1CCCC1. The van der Waals surface area contributed by atoms with E-state index < -0.39 is 0 Å². The zero-order valence-corrected chi connectivity index (χ0v) is 10.6. The van der Waals surface area contributed by atoms with E-state index in [-0.39, 0.29) is 6.03 Å². The predicted octanol–water partition coefficient (Wildman–Crippen LogP) is 2.89. The summed E-state index contributed by atoms with van der Waals surface area (Å²) < 4.78 is 0. The topological polar surface area (TPSA) is 32.3 Å². The first kappa shape index (κ1) is 11.7. The van der Waals surface area contributed by atoms with Gasteiger partial charge in [0.15, 0.2) is 0 Å². The van der Waals surface area contributed by atoms with Crippen molar-refractivity contribution in [3.05, 3.63) is 18.2 Å². The number of urea groups is 1. The molecule has 16 heavy (non-hydrogen) atoms. The first-order valence-electron chi connectivity index (χ1n) is 5.25. The summed E-state index contributed by atoms with van der Waals surface area (Å²) in [5.74, 6) is 0. The van der Waals surface area contributed by atoms with Gasteiger partial charge in [-0.25, -0.2) is 4.79 Å². The second-order valence-electron chi connectivity index (χ2n) is 3.83. The molecule has 0 atom stereocenters. The summed E-state index contributed by atoms with van der Waals surface area (Å²) in [6.45, 7) is 1.69. The molecule has 86 valence electrons. The molecule has 1 aliphatic heterocycles. The van der Waals surface area contributed by atoms with Gasteiger partial charge in [0, 0.05) is 22.9 Å². The van der Waals surface area contributed by atoms with E-state index in [0.717, 1.165) is 41.4 Å². The quantitative estimate of drug-likeness (QED) is 0.662. The molecular weight excluding hydrogens is 240 g/mol. The van der Waals surface area contributed by atoms with Gasteiger partial charge in [-0.2, -0.15) is 0 Å². The molecule has 1 heterocycles. The maximum atomic E-state index is 11.8. The van der Waals surface area contributed by atoms with Crippen LogP contribution in [0.5, 0.6) is 0 Å². The maximum Gasteiger partial charge on any atom is 0.321 e. The number of hydrogen-bond acceptors (Lipinski definition) is 3. The van der Waals surface area contributed by atoms with E-state index in [1.54, 1.807) is 0 Å². The van der Waals surface area contributed by atoms with Crippen molar-refractivity contribution in [2.75, 3.05) is 18.4 Å². The van der Waals surface area contributed by atoms with Gasteiger partial charge in [-0.05, 0) is 31.0 Å². The number of thiol groups is 2. The molecule has 1 aromatic rings. The fourth-order valence-electron chi connectivity index (χ4n) is 1.74.